The van der Waals surface area contributed by atoms with Crippen LogP contribution in [-0.2, 0) is 4.74 Å². The van der Waals surface area contributed by atoms with E-state index in [1.165, 1.54) is 16.8 Å². The van der Waals surface area contributed by atoms with Gasteiger partial charge in [0.05, 0.1) is 18.8 Å². The molecule has 1 unspecified atom stereocenters. The van der Waals surface area contributed by atoms with Gasteiger partial charge in [0.2, 0.25) is 0 Å². The molecule has 0 aliphatic carbocycles. The van der Waals surface area contributed by atoms with Gasteiger partial charge in [-0.2, -0.15) is 0 Å². The number of ether oxygens (including phenoxy) is 2. The Morgan fingerprint density at radius 1 is 0.871 bits per heavy atom. The van der Waals surface area contributed by atoms with Crippen molar-refractivity contribution in [2.24, 2.45) is 5.41 Å². The third kappa shape index (κ3) is 10.4. The zero-order valence-corrected chi connectivity index (χ0v) is 22.1. The molecule has 1 atom stereocenters. The van der Waals surface area contributed by atoms with E-state index >= 15 is 0 Å². The summed E-state index contributed by atoms with van der Waals surface area (Å²) in [5, 5.41) is 0. The van der Waals surface area contributed by atoms with E-state index in [-0.39, 0.29) is 11.0 Å². The second-order valence-corrected chi connectivity index (χ2v) is 10.2. The van der Waals surface area contributed by atoms with E-state index in [1.54, 1.807) is 0 Å². The van der Waals surface area contributed by atoms with Crippen LogP contribution in [0, 0.1) is 12.3 Å². The molecule has 4 heteroatoms. The molecule has 2 aromatic carbocycles. The van der Waals surface area contributed by atoms with Gasteiger partial charge < -0.3 is 14.1 Å². The first-order chi connectivity index (χ1) is 14.5. The molecule has 0 bridgehead atoms. The molecular weight excluding hydrogens is 401 g/mol. The lowest BCUT2D eigenvalue weighted by atomic mass is 9.96. The molecular formula is C27H42NO2P. The van der Waals surface area contributed by atoms with E-state index in [4.69, 9.17) is 9.47 Å². The van der Waals surface area contributed by atoms with Crippen LogP contribution in [0.5, 0.6) is 5.75 Å². The van der Waals surface area contributed by atoms with Gasteiger partial charge in [-0.3, -0.25) is 0 Å². The zero-order valence-electron chi connectivity index (χ0n) is 21.0. The van der Waals surface area contributed by atoms with Crippen molar-refractivity contribution in [3.8, 4) is 5.75 Å². The summed E-state index contributed by atoms with van der Waals surface area (Å²) in [6.45, 7) is 18.0. The maximum atomic E-state index is 5.99. The van der Waals surface area contributed by atoms with Crippen molar-refractivity contribution in [3.63, 3.8) is 0 Å². The molecule has 0 aromatic heterocycles. The van der Waals surface area contributed by atoms with Crippen LogP contribution in [0.25, 0.3) is 12.2 Å². The van der Waals surface area contributed by atoms with Gasteiger partial charge in [-0.1, -0.05) is 58.0 Å². The summed E-state index contributed by atoms with van der Waals surface area (Å²) < 4.78 is 14.0. The van der Waals surface area contributed by atoms with Crippen molar-refractivity contribution in [2.45, 2.75) is 61.0 Å². The first-order valence-corrected chi connectivity index (χ1v) is 11.6. The average molecular weight is 444 g/mol. The van der Waals surface area contributed by atoms with Crippen LogP contribution >= 0.6 is 9.39 Å². The fraction of sp³-hybridized carbons (Fsp3) is 0.481. The van der Waals surface area contributed by atoms with Crippen LogP contribution in [0.15, 0.2) is 42.5 Å². The summed E-state index contributed by atoms with van der Waals surface area (Å²) in [7, 11) is 4.73. The van der Waals surface area contributed by atoms with Gasteiger partial charge in [0, 0.05) is 18.2 Å². The highest BCUT2D eigenvalue weighted by molar-refractivity contribution is 7.19. The molecule has 0 aliphatic rings. The number of aryl methyl sites for hydroxylation is 1. The van der Waals surface area contributed by atoms with Crippen molar-refractivity contribution < 1.29 is 9.47 Å². The molecule has 3 nitrogen and oxygen atoms in total. The van der Waals surface area contributed by atoms with E-state index in [1.807, 2.05) is 33.0 Å². The maximum Gasteiger partial charge on any atom is 0.119 e. The topological polar surface area (TPSA) is 21.7 Å². The van der Waals surface area contributed by atoms with Crippen LogP contribution in [0.3, 0.4) is 0 Å². The predicted molar refractivity (Wildman–Crippen MR) is 141 cm³/mol. The number of hydrogen-bond donors (Lipinski definition) is 0. The van der Waals surface area contributed by atoms with Gasteiger partial charge in [0.1, 0.15) is 5.75 Å². The summed E-state index contributed by atoms with van der Waals surface area (Å²) in [6, 6.07) is 14.7. The highest BCUT2D eigenvalue weighted by atomic mass is 31.0. The Morgan fingerprint density at radius 3 is 1.94 bits per heavy atom. The SMILES string of the molecule is CC.Cc1cc(/C=C/c2ccc(OCC(C)(C)COC(C)(C)C)cc2)ccc1N(C)P. The summed E-state index contributed by atoms with van der Waals surface area (Å²) in [4.78, 5) is 0. The van der Waals surface area contributed by atoms with Gasteiger partial charge in [-0.05, 0) is 78.0 Å². The Hall–Kier alpha value is -1.83. The van der Waals surface area contributed by atoms with Gasteiger partial charge in [-0.25, -0.2) is 0 Å². The third-order valence-corrected chi connectivity index (χ3v) is 4.75. The van der Waals surface area contributed by atoms with E-state index in [0.29, 0.717) is 13.2 Å². The van der Waals surface area contributed by atoms with Gasteiger partial charge in [0.15, 0.2) is 0 Å². The molecule has 0 N–H and O–H groups in total. The number of benzene rings is 2. The van der Waals surface area contributed by atoms with Gasteiger partial charge >= 0.3 is 0 Å². The normalized spacial score (nSPS) is 11.8. The lowest BCUT2D eigenvalue weighted by molar-refractivity contribution is -0.0532. The van der Waals surface area contributed by atoms with E-state index in [0.717, 1.165) is 11.3 Å². The molecule has 0 heterocycles. The highest BCUT2D eigenvalue weighted by Gasteiger charge is 2.23. The Labute approximate surface area is 193 Å². The molecule has 0 aliphatic heterocycles. The molecule has 0 spiro atoms. The van der Waals surface area contributed by atoms with Crippen LogP contribution in [0.2, 0.25) is 0 Å². The summed E-state index contributed by atoms with van der Waals surface area (Å²) in [5.74, 6) is 0.884. The van der Waals surface area contributed by atoms with Crippen molar-refractivity contribution >= 4 is 27.2 Å². The Bertz CT molecular complexity index is 818. The summed E-state index contributed by atoms with van der Waals surface area (Å²) in [6.07, 6.45) is 4.27. The molecule has 0 fully saturated rings. The number of hydrogen-bond acceptors (Lipinski definition) is 3. The zero-order chi connectivity index (χ0) is 23.7. The van der Waals surface area contributed by atoms with Crippen molar-refractivity contribution in [1.29, 1.82) is 0 Å². The van der Waals surface area contributed by atoms with E-state index < -0.39 is 0 Å². The molecule has 2 aromatic rings. The summed E-state index contributed by atoms with van der Waals surface area (Å²) in [5.41, 5.74) is 4.64. The fourth-order valence-electron chi connectivity index (χ4n) is 2.78. The Morgan fingerprint density at radius 2 is 1.42 bits per heavy atom. The van der Waals surface area contributed by atoms with Crippen LogP contribution in [0.4, 0.5) is 5.69 Å². The monoisotopic (exact) mass is 443 g/mol. The molecule has 172 valence electrons. The van der Waals surface area contributed by atoms with Crippen molar-refractivity contribution in [2.75, 3.05) is 24.9 Å². The summed E-state index contributed by atoms with van der Waals surface area (Å²) >= 11 is 0. The third-order valence-electron chi connectivity index (χ3n) is 4.47. The lowest BCUT2D eigenvalue weighted by Gasteiger charge is -2.29. The highest BCUT2D eigenvalue weighted by Crippen LogP contribution is 2.24. The quantitative estimate of drug-likeness (QED) is 0.309. The van der Waals surface area contributed by atoms with E-state index in [9.17, 15) is 0 Å². The van der Waals surface area contributed by atoms with Crippen LogP contribution < -0.4 is 9.41 Å². The van der Waals surface area contributed by atoms with E-state index in [2.05, 4.69) is 98.1 Å². The number of rotatable bonds is 8. The number of anilines is 1. The van der Waals surface area contributed by atoms with Crippen LogP contribution in [-0.4, -0.2) is 25.9 Å². The fourth-order valence-corrected chi connectivity index (χ4v) is 3.07. The average Bonchev–Trinajstić information content (AvgIpc) is 2.71. The molecule has 0 amide bonds. The molecule has 2 rings (SSSR count). The molecule has 0 radical (unpaired) electrons. The van der Waals surface area contributed by atoms with Gasteiger partial charge in [0.25, 0.3) is 0 Å². The number of nitrogens with zero attached hydrogens (tertiary/aromatic N) is 1. The standard InChI is InChI=1S/C25H36NO2P.C2H6/c1-19-16-21(12-15-23(19)26(7)29)9-8-20-10-13-22(14-11-20)27-17-25(5,6)18-28-24(2,3)4;1-2/h8-16H,17-18,29H2,1-7H3;1-2H3/b9-8+;. The maximum absolute atomic E-state index is 5.99. The Balaban J connectivity index is 0.00000233. The van der Waals surface area contributed by atoms with Crippen LogP contribution in [0.1, 0.15) is 65.2 Å². The van der Waals surface area contributed by atoms with Crippen molar-refractivity contribution in [3.05, 3.63) is 59.2 Å². The minimum Gasteiger partial charge on any atom is -0.493 e. The van der Waals surface area contributed by atoms with Gasteiger partial charge in [-0.15, -0.1) is 0 Å². The largest absolute Gasteiger partial charge is 0.493 e. The van der Waals surface area contributed by atoms with Crippen molar-refractivity contribution in [1.82, 2.24) is 0 Å². The smallest absolute Gasteiger partial charge is 0.119 e. The molecule has 31 heavy (non-hydrogen) atoms. The second-order valence-electron chi connectivity index (χ2n) is 9.41. The Kier molecular flexibility index (Phi) is 10.8. The first kappa shape index (κ1) is 27.2. The molecule has 0 saturated carbocycles. The molecule has 0 saturated heterocycles. The first-order valence-electron chi connectivity index (χ1n) is 11.1. The lowest BCUT2D eigenvalue weighted by Crippen LogP contribution is -2.32. The second kappa shape index (κ2) is 12.3. The minimum absolute atomic E-state index is 0.0407. The minimum atomic E-state index is -0.129. The predicted octanol–water partition coefficient (Wildman–Crippen LogP) is 7.64.